The van der Waals surface area contributed by atoms with E-state index in [1.165, 1.54) is 72.0 Å². The zero-order valence-corrected chi connectivity index (χ0v) is 63.2. The van der Waals surface area contributed by atoms with Crippen molar-refractivity contribution in [2.24, 2.45) is 0 Å². The predicted molar refractivity (Wildman–Crippen MR) is 475 cm³/mol. The Morgan fingerprint density at radius 1 is 0.143 bits per heavy atom. The quantitative estimate of drug-likeness (QED) is 0.114. The molecule has 0 saturated carbocycles. The summed E-state index contributed by atoms with van der Waals surface area (Å²) in [6.07, 6.45) is 0. The lowest BCUT2D eigenvalue weighted by Gasteiger charge is -2.15. The van der Waals surface area contributed by atoms with Crippen LogP contribution in [0.2, 0.25) is 0 Å². The number of hydrogen-bond acceptors (Lipinski definition) is 10. The molecule has 16 aromatic carbocycles. The molecule has 0 bridgehead atoms. The zero-order valence-electron chi connectivity index (χ0n) is 60.0. The summed E-state index contributed by atoms with van der Waals surface area (Å²) in [4.78, 5) is 32.6. The van der Waals surface area contributed by atoms with Crippen molar-refractivity contribution in [1.82, 2.24) is 29.9 Å². The molecule has 0 aliphatic carbocycles. The number of fused-ring (bicyclic) bond motifs is 12. The third kappa shape index (κ3) is 11.6. The van der Waals surface area contributed by atoms with Crippen molar-refractivity contribution in [2.75, 3.05) is 0 Å². The molecule has 522 valence electrons. The lowest BCUT2D eigenvalue weighted by Crippen LogP contribution is -2.01. The molecule has 0 aliphatic rings. The van der Waals surface area contributed by atoms with Gasteiger partial charge in [-0.3, -0.25) is 0 Å². The van der Waals surface area contributed by atoms with Crippen molar-refractivity contribution in [3.05, 3.63) is 364 Å². The van der Waals surface area contributed by atoms with Gasteiger partial charge in [-0.25, -0.2) is 29.9 Å². The van der Waals surface area contributed by atoms with Crippen molar-refractivity contribution in [1.29, 1.82) is 0 Å². The van der Waals surface area contributed by atoms with E-state index in [0.717, 1.165) is 120 Å². The number of hydrogen-bond donors (Lipinski definition) is 0. The zero-order chi connectivity index (χ0) is 73.7. The summed E-state index contributed by atoms with van der Waals surface area (Å²) >= 11 is 7.20. The fourth-order valence-electron chi connectivity index (χ4n) is 16.3. The molecule has 22 rings (SSSR count). The fraction of sp³-hybridized carbons (Fsp3) is 0. The van der Waals surface area contributed by atoms with Gasteiger partial charge in [-0.15, -0.1) is 45.3 Å². The first kappa shape index (κ1) is 65.5. The van der Waals surface area contributed by atoms with E-state index >= 15 is 0 Å². The van der Waals surface area contributed by atoms with Crippen LogP contribution in [0, 0.1) is 0 Å². The molecule has 0 radical (unpaired) electrons. The summed E-state index contributed by atoms with van der Waals surface area (Å²) in [5.41, 5.74) is 21.7. The summed E-state index contributed by atoms with van der Waals surface area (Å²) in [5.74, 6) is 3.78. The van der Waals surface area contributed by atoms with Crippen molar-refractivity contribution in [3.8, 4) is 146 Å². The van der Waals surface area contributed by atoms with E-state index in [9.17, 15) is 0 Å². The van der Waals surface area contributed by atoms with Gasteiger partial charge in [0, 0.05) is 114 Å². The normalized spacial score (nSPS) is 11.8. The second kappa shape index (κ2) is 27.2. The minimum Gasteiger partial charge on any atom is -0.208 e. The van der Waals surface area contributed by atoms with Gasteiger partial charge in [0.2, 0.25) is 0 Å². The maximum atomic E-state index is 5.67. The van der Waals surface area contributed by atoms with E-state index in [1.54, 1.807) is 34.0 Å². The highest BCUT2D eigenvalue weighted by Crippen LogP contribution is 2.49. The van der Waals surface area contributed by atoms with E-state index in [2.05, 4.69) is 340 Å². The average molecular weight is 1500 g/mol. The van der Waals surface area contributed by atoms with Gasteiger partial charge < -0.3 is 0 Å². The van der Waals surface area contributed by atoms with Crippen molar-refractivity contribution in [3.63, 3.8) is 0 Å². The van der Waals surface area contributed by atoms with Gasteiger partial charge in [0.15, 0.2) is 34.9 Å². The molecule has 6 heterocycles. The minimum atomic E-state index is 0.612. The molecule has 0 atom stereocenters. The maximum Gasteiger partial charge on any atom is 0.165 e. The van der Waals surface area contributed by atoms with Crippen LogP contribution in [-0.2, 0) is 0 Å². The van der Waals surface area contributed by atoms with Crippen LogP contribution in [-0.4, -0.2) is 29.9 Å². The van der Waals surface area contributed by atoms with Crippen LogP contribution in [0.4, 0.5) is 0 Å². The van der Waals surface area contributed by atoms with Crippen LogP contribution >= 0.6 is 45.3 Å². The Kier molecular flexibility index (Phi) is 15.9. The Morgan fingerprint density at radius 2 is 0.464 bits per heavy atom. The number of nitrogens with zero attached hydrogens (tertiary/aromatic N) is 6. The SMILES string of the molecule is c1ccc(-c2ccc(-c3cccc(-c4ccc5sc6cccc(-c7nc(-c8ccccc8)nc(-c8cc(-c9ccccc9-c9cccc(-c%10cccc(-c%11ccc%12sc%13cccc(-c%14nc(-c%15ccccc%15)nc(-c%15cccc%16c%15sc%15ccccc%15%16)n%14)c%13c%12c%11)c%10)c9)cc9sc%10ccccc%10c89)n7)c6c5c4)c3)cc2)cc1. The van der Waals surface area contributed by atoms with Crippen LogP contribution in [0.15, 0.2) is 364 Å². The third-order valence-corrected chi connectivity index (χ3v) is 26.2. The van der Waals surface area contributed by atoms with E-state index in [1.807, 2.05) is 35.6 Å². The molecular formula is C102H60N6S4. The number of benzene rings is 16. The second-order valence-electron chi connectivity index (χ2n) is 28.3. The maximum absolute atomic E-state index is 5.67. The molecule has 0 aliphatic heterocycles. The molecule has 112 heavy (non-hydrogen) atoms. The largest absolute Gasteiger partial charge is 0.208 e. The molecule has 6 aromatic heterocycles. The van der Waals surface area contributed by atoms with Gasteiger partial charge in [0.25, 0.3) is 0 Å². The highest BCUT2D eigenvalue weighted by Gasteiger charge is 2.25. The Labute approximate surface area is 661 Å². The van der Waals surface area contributed by atoms with Crippen molar-refractivity contribution >= 4 is 126 Å². The van der Waals surface area contributed by atoms with E-state index < -0.39 is 0 Å². The molecular weight excluding hydrogens is 1440 g/mol. The van der Waals surface area contributed by atoms with Gasteiger partial charge in [-0.05, 0) is 163 Å². The third-order valence-electron chi connectivity index (χ3n) is 21.6. The molecule has 10 heteroatoms. The summed E-state index contributed by atoms with van der Waals surface area (Å²) in [6, 6.07) is 131. The predicted octanol–water partition coefficient (Wildman–Crippen LogP) is 29.2. The fourth-order valence-corrected chi connectivity index (χ4v) is 20.9. The number of thiophene rings is 4. The average Bonchev–Trinajstić information content (AvgIpc) is 1.55. The van der Waals surface area contributed by atoms with Crippen LogP contribution in [0.25, 0.3) is 227 Å². The minimum absolute atomic E-state index is 0.612. The van der Waals surface area contributed by atoms with Crippen LogP contribution in [0.5, 0.6) is 0 Å². The first-order valence-corrected chi connectivity index (χ1v) is 40.7. The summed E-state index contributed by atoms with van der Waals surface area (Å²) < 4.78 is 9.50. The standard InChI is InChI=1S/C102H60N6S4/c1-4-22-61(23-5-1)62-46-48-63(49-47-62)66-28-16-30-68(54-66)71-50-52-88-83(57-71)95-81(40-21-45-91(95)110-88)100-104-98(65-26-8-3-9-27-65)106-102(108-100)85-59-74(60-92-93(85)79-37-13-15-43-87(79)111-92)76-35-11-10-34-75(76)73-33-18-32-70(56-73)67-29-17-31-69(55-67)72-51-53-89-84(58-72)94-80(39-20-44-90(94)109-89)99-103-97(64-24-6-2-7-25-64)105-101(107-99)82-41-19-38-78-77-36-12-14-42-86(77)112-96(78)82/h1-60H. The molecule has 0 unspecified atom stereocenters. The number of aromatic nitrogens is 6. The van der Waals surface area contributed by atoms with E-state index in [0.29, 0.717) is 34.9 Å². The van der Waals surface area contributed by atoms with Crippen molar-refractivity contribution in [2.45, 2.75) is 0 Å². The lowest BCUT2D eigenvalue weighted by atomic mass is 9.90. The summed E-state index contributed by atoms with van der Waals surface area (Å²) in [6.45, 7) is 0. The monoisotopic (exact) mass is 1500 g/mol. The van der Waals surface area contributed by atoms with Gasteiger partial charge in [0.1, 0.15) is 0 Å². The van der Waals surface area contributed by atoms with E-state index in [4.69, 9.17) is 29.9 Å². The summed E-state index contributed by atoms with van der Waals surface area (Å²) in [5, 5.41) is 9.31. The topological polar surface area (TPSA) is 77.3 Å². The molecule has 22 aromatic rings. The Balaban J connectivity index is 0.627. The van der Waals surface area contributed by atoms with Gasteiger partial charge >= 0.3 is 0 Å². The molecule has 6 nitrogen and oxygen atoms in total. The van der Waals surface area contributed by atoms with Crippen LogP contribution in [0.3, 0.4) is 0 Å². The van der Waals surface area contributed by atoms with Crippen LogP contribution < -0.4 is 0 Å². The highest BCUT2D eigenvalue weighted by atomic mass is 32.1. The van der Waals surface area contributed by atoms with Gasteiger partial charge in [-0.2, -0.15) is 0 Å². The molecule has 0 fully saturated rings. The molecule has 0 N–H and O–H groups in total. The molecule has 0 spiro atoms. The lowest BCUT2D eigenvalue weighted by molar-refractivity contribution is 1.08. The van der Waals surface area contributed by atoms with Gasteiger partial charge in [0.05, 0.1) is 0 Å². The van der Waals surface area contributed by atoms with E-state index in [-0.39, 0.29) is 0 Å². The Bertz CT molecular complexity index is 7510. The Morgan fingerprint density at radius 3 is 1.03 bits per heavy atom. The van der Waals surface area contributed by atoms with Crippen molar-refractivity contribution < 1.29 is 0 Å². The first-order chi connectivity index (χ1) is 55.4. The number of rotatable bonds is 13. The molecule has 0 amide bonds. The van der Waals surface area contributed by atoms with Crippen LogP contribution in [0.1, 0.15) is 0 Å². The highest BCUT2D eigenvalue weighted by molar-refractivity contribution is 7.27. The smallest absolute Gasteiger partial charge is 0.165 e. The Hall–Kier alpha value is -13.6. The second-order valence-corrected chi connectivity index (χ2v) is 32.6. The first-order valence-electron chi connectivity index (χ1n) is 37.4. The summed E-state index contributed by atoms with van der Waals surface area (Å²) in [7, 11) is 0. The molecule has 0 saturated heterocycles. The van der Waals surface area contributed by atoms with Gasteiger partial charge in [-0.1, -0.05) is 279 Å².